The number of Topliss-reactive ketones (excluding diaryl/α,β-unsaturated/α-hetero) is 1. The molecule has 1 heterocycles. The van der Waals surface area contributed by atoms with Gasteiger partial charge in [-0.15, -0.1) is 0 Å². The van der Waals surface area contributed by atoms with Gasteiger partial charge >= 0.3 is 0 Å². The first kappa shape index (κ1) is 13.7. The highest BCUT2D eigenvalue weighted by molar-refractivity contribution is 9.10. The Bertz CT molecular complexity index is 584. The van der Waals surface area contributed by atoms with E-state index < -0.39 is 0 Å². The fourth-order valence-electron chi connectivity index (χ4n) is 1.86. The van der Waals surface area contributed by atoms with E-state index in [2.05, 4.69) is 25.8 Å². The average Bonchev–Trinajstić information content (AvgIpc) is 2.39. The zero-order valence-electron chi connectivity index (χ0n) is 10.9. The third-order valence-electron chi connectivity index (χ3n) is 2.89. The van der Waals surface area contributed by atoms with Gasteiger partial charge in [0.2, 0.25) is 0 Å². The molecule has 0 fully saturated rings. The first-order valence-electron chi connectivity index (χ1n) is 5.99. The summed E-state index contributed by atoms with van der Waals surface area (Å²) in [5.74, 6) is 0.0691. The summed E-state index contributed by atoms with van der Waals surface area (Å²) in [5.41, 5.74) is 2.75. The molecule has 0 radical (unpaired) electrons. The summed E-state index contributed by atoms with van der Waals surface area (Å²) in [5, 5.41) is 0. The van der Waals surface area contributed by atoms with Crippen LogP contribution in [-0.2, 0) is 6.54 Å². The minimum absolute atomic E-state index is 0.0691. The number of aromatic nitrogens is 1. The van der Waals surface area contributed by atoms with Gasteiger partial charge in [0.05, 0.1) is 17.9 Å². The van der Waals surface area contributed by atoms with Gasteiger partial charge in [-0.2, -0.15) is 0 Å². The van der Waals surface area contributed by atoms with Crippen LogP contribution in [0.25, 0.3) is 0 Å². The zero-order valence-corrected chi connectivity index (χ0v) is 12.5. The van der Waals surface area contributed by atoms with Crippen molar-refractivity contribution in [2.24, 2.45) is 0 Å². The van der Waals surface area contributed by atoms with Crippen molar-refractivity contribution in [1.29, 1.82) is 0 Å². The quantitative estimate of drug-likeness (QED) is 0.806. The van der Waals surface area contributed by atoms with Crippen molar-refractivity contribution in [3.63, 3.8) is 0 Å². The average molecular weight is 319 g/mol. The molecule has 0 amide bonds. The predicted molar refractivity (Wildman–Crippen MR) is 80.5 cm³/mol. The molecule has 1 aromatic heterocycles. The van der Waals surface area contributed by atoms with Crippen LogP contribution in [0.2, 0.25) is 0 Å². The zero-order chi connectivity index (χ0) is 13.8. The van der Waals surface area contributed by atoms with E-state index in [1.165, 1.54) is 0 Å². The van der Waals surface area contributed by atoms with Gasteiger partial charge in [-0.1, -0.05) is 6.07 Å². The van der Waals surface area contributed by atoms with Gasteiger partial charge in [0.1, 0.15) is 0 Å². The number of rotatable bonds is 4. The number of anilines is 1. The molecule has 0 bridgehead atoms. The first-order valence-corrected chi connectivity index (χ1v) is 6.79. The van der Waals surface area contributed by atoms with E-state index in [0.29, 0.717) is 5.56 Å². The number of nitrogens with zero attached hydrogens (tertiary/aromatic N) is 2. The summed E-state index contributed by atoms with van der Waals surface area (Å²) in [6, 6.07) is 11.5. The summed E-state index contributed by atoms with van der Waals surface area (Å²) >= 11 is 3.52. The molecule has 0 unspecified atom stereocenters. The topological polar surface area (TPSA) is 33.2 Å². The fourth-order valence-corrected chi connectivity index (χ4v) is 2.54. The van der Waals surface area contributed by atoms with Gasteiger partial charge < -0.3 is 4.90 Å². The molecule has 0 aliphatic heterocycles. The van der Waals surface area contributed by atoms with Crippen LogP contribution in [0, 0.1) is 0 Å². The first-order chi connectivity index (χ1) is 9.08. The van der Waals surface area contributed by atoms with Crippen molar-refractivity contribution in [2.45, 2.75) is 13.5 Å². The lowest BCUT2D eigenvalue weighted by atomic mass is 10.1. The second-order valence-corrected chi connectivity index (χ2v) is 5.25. The van der Waals surface area contributed by atoms with Crippen molar-refractivity contribution in [1.82, 2.24) is 4.98 Å². The Morgan fingerprint density at radius 2 is 2.11 bits per heavy atom. The Morgan fingerprint density at radius 1 is 1.32 bits per heavy atom. The number of benzene rings is 1. The molecule has 0 atom stereocenters. The van der Waals surface area contributed by atoms with E-state index >= 15 is 0 Å². The molecular weight excluding hydrogens is 304 g/mol. The molecule has 19 heavy (non-hydrogen) atoms. The van der Waals surface area contributed by atoms with E-state index in [9.17, 15) is 4.79 Å². The van der Waals surface area contributed by atoms with Gasteiger partial charge in [-0.05, 0) is 53.2 Å². The maximum atomic E-state index is 11.3. The molecule has 0 saturated carbocycles. The molecule has 3 nitrogen and oxygen atoms in total. The number of hydrogen-bond acceptors (Lipinski definition) is 3. The monoisotopic (exact) mass is 318 g/mol. The maximum absolute atomic E-state index is 11.3. The minimum Gasteiger partial charge on any atom is -0.368 e. The number of pyridine rings is 1. The molecule has 2 rings (SSSR count). The minimum atomic E-state index is 0.0691. The third kappa shape index (κ3) is 3.41. The lowest BCUT2D eigenvalue weighted by Crippen LogP contribution is -2.17. The lowest BCUT2D eigenvalue weighted by molar-refractivity contribution is 0.101. The molecule has 98 valence electrons. The Balaban J connectivity index is 2.20. The van der Waals surface area contributed by atoms with E-state index in [1.807, 2.05) is 43.4 Å². The van der Waals surface area contributed by atoms with E-state index in [4.69, 9.17) is 0 Å². The number of ketones is 1. The van der Waals surface area contributed by atoms with Gasteiger partial charge in [-0.3, -0.25) is 9.78 Å². The molecule has 0 saturated heterocycles. The molecule has 0 N–H and O–H groups in total. The highest BCUT2D eigenvalue weighted by Gasteiger charge is 2.09. The van der Waals surface area contributed by atoms with Crippen LogP contribution in [0.3, 0.4) is 0 Å². The summed E-state index contributed by atoms with van der Waals surface area (Å²) in [6.45, 7) is 2.29. The van der Waals surface area contributed by atoms with E-state index in [-0.39, 0.29) is 5.78 Å². The van der Waals surface area contributed by atoms with Crippen molar-refractivity contribution in [3.05, 3.63) is 58.3 Å². The molecule has 0 spiro atoms. The van der Waals surface area contributed by atoms with Gasteiger partial charge in [-0.25, -0.2) is 0 Å². The Labute approximate surface area is 121 Å². The Hall–Kier alpha value is -1.68. The van der Waals surface area contributed by atoms with Gasteiger partial charge in [0, 0.05) is 23.3 Å². The van der Waals surface area contributed by atoms with Crippen LogP contribution >= 0.6 is 15.9 Å². The number of carbonyl (C=O) groups is 1. The van der Waals surface area contributed by atoms with Crippen LogP contribution < -0.4 is 4.90 Å². The van der Waals surface area contributed by atoms with Gasteiger partial charge in [0.15, 0.2) is 5.78 Å². The predicted octanol–water partition coefficient (Wildman–Crippen LogP) is 3.68. The second kappa shape index (κ2) is 5.97. The van der Waals surface area contributed by atoms with Crippen LogP contribution in [0.1, 0.15) is 23.0 Å². The number of hydrogen-bond donors (Lipinski definition) is 0. The molecular formula is C15H15BrN2O. The van der Waals surface area contributed by atoms with Crippen molar-refractivity contribution in [3.8, 4) is 0 Å². The molecule has 1 aromatic carbocycles. The number of carbonyl (C=O) groups excluding carboxylic acids is 1. The normalized spacial score (nSPS) is 10.3. The van der Waals surface area contributed by atoms with Crippen LogP contribution in [0.5, 0.6) is 0 Å². The Morgan fingerprint density at radius 3 is 2.68 bits per heavy atom. The summed E-state index contributed by atoms with van der Waals surface area (Å²) in [6.07, 6.45) is 1.79. The summed E-state index contributed by atoms with van der Waals surface area (Å²) in [4.78, 5) is 17.7. The molecule has 4 heteroatoms. The smallest absolute Gasteiger partial charge is 0.159 e. The number of halogens is 1. The standard InChI is InChI=1S/C15H15BrN2O/c1-11(19)12-6-7-15(14(16)9-12)18(2)10-13-5-3-4-8-17-13/h3-9H,10H2,1-2H3. The van der Waals surface area contributed by atoms with Crippen LogP contribution in [0.15, 0.2) is 47.1 Å². The third-order valence-corrected chi connectivity index (χ3v) is 3.53. The molecule has 2 aromatic rings. The van der Waals surface area contributed by atoms with E-state index in [1.54, 1.807) is 13.1 Å². The summed E-state index contributed by atoms with van der Waals surface area (Å²) in [7, 11) is 2.00. The van der Waals surface area contributed by atoms with Crippen molar-refractivity contribution < 1.29 is 4.79 Å². The highest BCUT2D eigenvalue weighted by atomic mass is 79.9. The Kier molecular flexibility index (Phi) is 4.32. The van der Waals surface area contributed by atoms with E-state index in [0.717, 1.165) is 22.4 Å². The van der Waals surface area contributed by atoms with Crippen LogP contribution in [-0.4, -0.2) is 17.8 Å². The largest absolute Gasteiger partial charge is 0.368 e. The summed E-state index contributed by atoms with van der Waals surface area (Å²) < 4.78 is 0.915. The highest BCUT2D eigenvalue weighted by Crippen LogP contribution is 2.27. The lowest BCUT2D eigenvalue weighted by Gasteiger charge is -2.20. The molecule has 0 aliphatic carbocycles. The van der Waals surface area contributed by atoms with Crippen LogP contribution in [0.4, 0.5) is 5.69 Å². The SMILES string of the molecule is CC(=O)c1ccc(N(C)Cc2ccccn2)c(Br)c1. The fraction of sp³-hybridized carbons (Fsp3) is 0.200. The molecule has 0 aliphatic rings. The van der Waals surface area contributed by atoms with Crippen molar-refractivity contribution in [2.75, 3.05) is 11.9 Å². The van der Waals surface area contributed by atoms with Gasteiger partial charge in [0.25, 0.3) is 0 Å². The van der Waals surface area contributed by atoms with Crippen molar-refractivity contribution >= 4 is 27.4 Å². The second-order valence-electron chi connectivity index (χ2n) is 4.40. The maximum Gasteiger partial charge on any atom is 0.159 e.